The summed E-state index contributed by atoms with van der Waals surface area (Å²) in [5.74, 6) is 0.932. The van der Waals surface area contributed by atoms with Gasteiger partial charge in [-0.3, -0.25) is 4.79 Å². The van der Waals surface area contributed by atoms with Crippen LogP contribution in [0.2, 0.25) is 0 Å². The van der Waals surface area contributed by atoms with Gasteiger partial charge in [0.15, 0.2) is 0 Å². The van der Waals surface area contributed by atoms with Crippen LogP contribution in [-0.4, -0.2) is 67.2 Å². The average Bonchev–Trinajstić information content (AvgIpc) is 3.05. The number of rotatable bonds is 7. The summed E-state index contributed by atoms with van der Waals surface area (Å²) < 4.78 is 5.52. The average molecular weight is 311 g/mol. The lowest BCUT2D eigenvalue weighted by Gasteiger charge is -2.35. The molecule has 1 unspecified atom stereocenters. The standard InChI is InChI=1S/C17H33N3O2/c1-3-19(9-6-14(2)18)13-15-7-10-20(11-8-15)17(21)16-5-4-12-22-16/h14-16H,3-13,18H2,1-2H3/t14?,16-/m0/s1. The Morgan fingerprint density at radius 1 is 1.36 bits per heavy atom. The van der Waals surface area contributed by atoms with E-state index in [9.17, 15) is 4.79 Å². The maximum absolute atomic E-state index is 12.3. The lowest BCUT2D eigenvalue weighted by atomic mass is 9.95. The van der Waals surface area contributed by atoms with E-state index in [1.807, 2.05) is 4.90 Å². The Balaban J connectivity index is 1.70. The molecule has 22 heavy (non-hydrogen) atoms. The van der Waals surface area contributed by atoms with Crippen LogP contribution in [0, 0.1) is 5.92 Å². The van der Waals surface area contributed by atoms with Gasteiger partial charge in [-0.05, 0) is 58.0 Å². The van der Waals surface area contributed by atoms with E-state index in [1.165, 1.54) is 0 Å². The highest BCUT2D eigenvalue weighted by Crippen LogP contribution is 2.22. The molecule has 5 heteroatoms. The van der Waals surface area contributed by atoms with Gasteiger partial charge < -0.3 is 20.3 Å². The van der Waals surface area contributed by atoms with E-state index >= 15 is 0 Å². The molecule has 2 aliphatic heterocycles. The number of carbonyl (C=O) groups excluding carboxylic acids is 1. The number of nitrogens with zero attached hydrogens (tertiary/aromatic N) is 2. The number of amides is 1. The van der Waals surface area contributed by atoms with Crippen molar-refractivity contribution in [2.24, 2.45) is 11.7 Å². The van der Waals surface area contributed by atoms with Crippen molar-refractivity contribution in [1.29, 1.82) is 0 Å². The quantitative estimate of drug-likeness (QED) is 0.773. The fraction of sp³-hybridized carbons (Fsp3) is 0.941. The van der Waals surface area contributed by atoms with Gasteiger partial charge in [0.1, 0.15) is 6.10 Å². The number of likely N-dealkylation sites (tertiary alicyclic amines) is 1. The molecule has 1 amide bonds. The smallest absolute Gasteiger partial charge is 0.251 e. The highest BCUT2D eigenvalue weighted by Gasteiger charge is 2.31. The summed E-state index contributed by atoms with van der Waals surface area (Å²) in [6.07, 6.45) is 5.07. The van der Waals surface area contributed by atoms with Gasteiger partial charge in [0, 0.05) is 32.3 Å². The molecular weight excluding hydrogens is 278 g/mol. The van der Waals surface area contributed by atoms with E-state index in [1.54, 1.807) is 0 Å². The van der Waals surface area contributed by atoms with Crippen molar-refractivity contribution in [1.82, 2.24) is 9.80 Å². The van der Waals surface area contributed by atoms with Crippen LogP contribution in [0.25, 0.3) is 0 Å². The minimum atomic E-state index is -0.158. The molecule has 0 aromatic heterocycles. The monoisotopic (exact) mass is 311 g/mol. The summed E-state index contributed by atoms with van der Waals surface area (Å²) in [5, 5.41) is 0. The van der Waals surface area contributed by atoms with Crippen LogP contribution in [-0.2, 0) is 9.53 Å². The van der Waals surface area contributed by atoms with Gasteiger partial charge in [0.2, 0.25) is 0 Å². The van der Waals surface area contributed by atoms with Crippen LogP contribution in [0.4, 0.5) is 0 Å². The van der Waals surface area contributed by atoms with Crippen LogP contribution >= 0.6 is 0 Å². The first-order chi connectivity index (χ1) is 10.6. The lowest BCUT2D eigenvalue weighted by Crippen LogP contribution is -2.45. The van der Waals surface area contributed by atoms with Crippen molar-refractivity contribution in [3.63, 3.8) is 0 Å². The second-order valence-electron chi connectivity index (χ2n) is 6.93. The molecule has 128 valence electrons. The molecule has 2 saturated heterocycles. The summed E-state index contributed by atoms with van der Waals surface area (Å²) >= 11 is 0. The Morgan fingerprint density at radius 3 is 2.64 bits per heavy atom. The Kier molecular flexibility index (Phi) is 7.12. The molecule has 0 aliphatic carbocycles. The van der Waals surface area contributed by atoms with E-state index in [0.717, 1.165) is 71.4 Å². The fourth-order valence-electron chi connectivity index (χ4n) is 3.44. The molecular formula is C17H33N3O2. The van der Waals surface area contributed by atoms with E-state index in [-0.39, 0.29) is 18.1 Å². The Hall–Kier alpha value is -0.650. The van der Waals surface area contributed by atoms with Gasteiger partial charge in [-0.1, -0.05) is 6.92 Å². The third kappa shape index (κ3) is 5.21. The van der Waals surface area contributed by atoms with Crippen LogP contribution in [0.3, 0.4) is 0 Å². The maximum Gasteiger partial charge on any atom is 0.251 e. The minimum Gasteiger partial charge on any atom is -0.368 e. The molecule has 2 fully saturated rings. The first-order valence-corrected chi connectivity index (χ1v) is 8.98. The summed E-state index contributed by atoms with van der Waals surface area (Å²) in [5.41, 5.74) is 5.86. The summed E-state index contributed by atoms with van der Waals surface area (Å²) in [6.45, 7) is 10.1. The molecule has 0 radical (unpaired) electrons. The molecule has 2 aliphatic rings. The zero-order chi connectivity index (χ0) is 15.9. The first-order valence-electron chi connectivity index (χ1n) is 8.98. The molecule has 5 nitrogen and oxygen atoms in total. The number of carbonyl (C=O) groups is 1. The van der Waals surface area contributed by atoms with Gasteiger partial charge in [0.05, 0.1) is 0 Å². The molecule has 0 aromatic rings. The Bertz CT molecular complexity index is 335. The molecule has 2 atom stereocenters. The minimum absolute atomic E-state index is 0.158. The van der Waals surface area contributed by atoms with Gasteiger partial charge in [0.25, 0.3) is 5.91 Å². The van der Waals surface area contributed by atoms with E-state index < -0.39 is 0 Å². The SMILES string of the molecule is CCN(CCC(C)N)CC1CCN(C(=O)[C@@H]2CCCO2)CC1. The van der Waals surface area contributed by atoms with Crippen molar-refractivity contribution in [2.45, 2.75) is 58.1 Å². The molecule has 0 spiro atoms. The van der Waals surface area contributed by atoms with Gasteiger partial charge in [-0.2, -0.15) is 0 Å². The maximum atomic E-state index is 12.3. The third-order valence-corrected chi connectivity index (χ3v) is 5.00. The van der Waals surface area contributed by atoms with Crippen molar-refractivity contribution in [3.8, 4) is 0 Å². The first kappa shape index (κ1) is 17.7. The van der Waals surface area contributed by atoms with Gasteiger partial charge >= 0.3 is 0 Å². The zero-order valence-corrected chi connectivity index (χ0v) is 14.3. The molecule has 2 rings (SSSR count). The largest absolute Gasteiger partial charge is 0.368 e. The number of piperidine rings is 1. The van der Waals surface area contributed by atoms with Crippen LogP contribution in [0.5, 0.6) is 0 Å². The van der Waals surface area contributed by atoms with Crippen molar-refractivity contribution < 1.29 is 9.53 Å². The molecule has 0 saturated carbocycles. The topological polar surface area (TPSA) is 58.8 Å². The van der Waals surface area contributed by atoms with E-state index in [0.29, 0.717) is 5.92 Å². The third-order valence-electron chi connectivity index (χ3n) is 5.00. The second-order valence-corrected chi connectivity index (χ2v) is 6.93. The predicted molar refractivity (Wildman–Crippen MR) is 88.7 cm³/mol. The zero-order valence-electron chi connectivity index (χ0n) is 14.3. The molecule has 2 heterocycles. The number of hydrogen-bond donors (Lipinski definition) is 1. The molecule has 0 bridgehead atoms. The van der Waals surface area contributed by atoms with Gasteiger partial charge in [-0.25, -0.2) is 0 Å². The highest BCUT2D eigenvalue weighted by atomic mass is 16.5. The fourth-order valence-corrected chi connectivity index (χ4v) is 3.44. The lowest BCUT2D eigenvalue weighted by molar-refractivity contribution is -0.142. The summed E-state index contributed by atoms with van der Waals surface area (Å²) in [4.78, 5) is 16.9. The van der Waals surface area contributed by atoms with Crippen molar-refractivity contribution >= 4 is 5.91 Å². The van der Waals surface area contributed by atoms with Crippen LogP contribution in [0.1, 0.15) is 46.0 Å². The van der Waals surface area contributed by atoms with E-state index in [2.05, 4.69) is 18.7 Å². The Labute approximate surface area is 135 Å². The van der Waals surface area contributed by atoms with Crippen LogP contribution < -0.4 is 5.73 Å². The van der Waals surface area contributed by atoms with Gasteiger partial charge in [-0.15, -0.1) is 0 Å². The van der Waals surface area contributed by atoms with E-state index in [4.69, 9.17) is 10.5 Å². The highest BCUT2D eigenvalue weighted by molar-refractivity contribution is 5.81. The predicted octanol–water partition coefficient (Wildman–Crippen LogP) is 1.46. The van der Waals surface area contributed by atoms with Crippen molar-refractivity contribution in [3.05, 3.63) is 0 Å². The summed E-state index contributed by atoms with van der Waals surface area (Å²) in [6, 6.07) is 0.278. The Morgan fingerprint density at radius 2 is 2.09 bits per heavy atom. The second kappa shape index (κ2) is 8.85. The van der Waals surface area contributed by atoms with Crippen molar-refractivity contribution in [2.75, 3.05) is 39.3 Å². The normalized spacial score (nSPS) is 24.9. The summed E-state index contributed by atoms with van der Waals surface area (Å²) in [7, 11) is 0. The number of nitrogens with two attached hydrogens (primary N) is 1. The van der Waals surface area contributed by atoms with Crippen LogP contribution in [0.15, 0.2) is 0 Å². The molecule has 2 N–H and O–H groups in total. The number of ether oxygens (including phenoxy) is 1. The molecule has 0 aromatic carbocycles. The number of hydrogen-bond acceptors (Lipinski definition) is 4.